The van der Waals surface area contributed by atoms with Crippen LogP contribution < -0.4 is 0 Å². The Balaban J connectivity index is 2.27. The molecule has 2 aliphatic carbocycles. The van der Waals surface area contributed by atoms with E-state index in [1.54, 1.807) is 0 Å². The maximum absolute atomic E-state index is 10.6. The third kappa shape index (κ3) is 1.98. The van der Waals surface area contributed by atoms with E-state index in [-0.39, 0.29) is 17.4 Å². The second-order valence-electron chi connectivity index (χ2n) is 6.35. The molecule has 0 bridgehead atoms. The van der Waals surface area contributed by atoms with E-state index in [4.69, 9.17) is 0 Å². The summed E-state index contributed by atoms with van der Waals surface area (Å²) in [5.74, 6) is 0.224. The molecule has 2 fully saturated rings. The van der Waals surface area contributed by atoms with Gasteiger partial charge in [-0.15, -0.1) is 0 Å². The third-order valence-electron chi connectivity index (χ3n) is 5.15. The maximum Gasteiger partial charge on any atom is 0.0857 e. The number of rotatable bonds is 1. The number of aliphatic hydroxyl groups is 2. The molecular formula is C15H24O2. The molecule has 2 N–H and O–H groups in total. The van der Waals surface area contributed by atoms with Crippen LogP contribution in [0.25, 0.3) is 0 Å². The molecule has 0 aromatic heterocycles. The summed E-state index contributed by atoms with van der Waals surface area (Å²) in [7, 11) is 0. The van der Waals surface area contributed by atoms with Gasteiger partial charge >= 0.3 is 0 Å². The van der Waals surface area contributed by atoms with Crippen LogP contribution in [0.3, 0.4) is 0 Å². The first kappa shape index (κ1) is 12.8. The molecule has 0 aliphatic heterocycles. The molecule has 4 atom stereocenters. The van der Waals surface area contributed by atoms with E-state index in [1.165, 1.54) is 0 Å². The van der Waals surface area contributed by atoms with Gasteiger partial charge in [0.25, 0.3) is 0 Å². The third-order valence-corrected chi connectivity index (χ3v) is 5.15. The Morgan fingerprint density at radius 3 is 2.59 bits per heavy atom. The lowest BCUT2D eigenvalue weighted by atomic mass is 9.54. The van der Waals surface area contributed by atoms with Gasteiger partial charge < -0.3 is 10.2 Å². The molecule has 96 valence electrons. The van der Waals surface area contributed by atoms with Crippen molar-refractivity contribution in [3.05, 3.63) is 24.3 Å². The highest BCUT2D eigenvalue weighted by Crippen LogP contribution is 2.55. The predicted octanol–water partition coefficient (Wildman–Crippen LogP) is 2.81. The minimum Gasteiger partial charge on any atom is -0.389 e. The molecule has 17 heavy (non-hydrogen) atoms. The van der Waals surface area contributed by atoms with E-state index in [9.17, 15) is 10.2 Å². The summed E-state index contributed by atoms with van der Waals surface area (Å²) in [6.07, 6.45) is 3.92. The molecule has 2 heteroatoms. The van der Waals surface area contributed by atoms with E-state index in [2.05, 4.69) is 20.1 Å². The van der Waals surface area contributed by atoms with Gasteiger partial charge in [0.05, 0.1) is 11.7 Å². The normalized spacial score (nSPS) is 46.5. The number of hydrogen-bond donors (Lipinski definition) is 2. The van der Waals surface area contributed by atoms with Crippen LogP contribution in [0.5, 0.6) is 0 Å². The molecule has 0 aromatic carbocycles. The highest BCUT2D eigenvalue weighted by Gasteiger charge is 2.50. The van der Waals surface area contributed by atoms with Crippen LogP contribution in [0.4, 0.5) is 0 Å². The average Bonchev–Trinajstić information content (AvgIpc) is 2.27. The van der Waals surface area contributed by atoms with Crippen molar-refractivity contribution in [2.45, 2.75) is 57.7 Å². The molecule has 0 amide bonds. The molecule has 0 radical (unpaired) electrons. The van der Waals surface area contributed by atoms with Crippen LogP contribution in [0.2, 0.25) is 0 Å². The summed E-state index contributed by atoms with van der Waals surface area (Å²) in [6, 6.07) is 0. The first-order chi connectivity index (χ1) is 7.78. The maximum atomic E-state index is 10.6. The zero-order valence-electron chi connectivity index (χ0n) is 11.0. The minimum absolute atomic E-state index is 0.206. The topological polar surface area (TPSA) is 40.5 Å². The summed E-state index contributed by atoms with van der Waals surface area (Å²) in [4.78, 5) is 0. The van der Waals surface area contributed by atoms with E-state index in [0.29, 0.717) is 6.42 Å². The molecule has 0 aromatic rings. The van der Waals surface area contributed by atoms with Gasteiger partial charge in [-0.25, -0.2) is 0 Å². The van der Waals surface area contributed by atoms with E-state index < -0.39 is 5.60 Å². The highest BCUT2D eigenvalue weighted by atomic mass is 16.3. The van der Waals surface area contributed by atoms with Crippen molar-refractivity contribution in [2.24, 2.45) is 11.3 Å². The summed E-state index contributed by atoms with van der Waals surface area (Å²) >= 11 is 0. The van der Waals surface area contributed by atoms with Gasteiger partial charge in [-0.2, -0.15) is 0 Å². The van der Waals surface area contributed by atoms with E-state index >= 15 is 0 Å². The minimum atomic E-state index is -0.760. The Bertz CT molecular complexity index is 360. The Labute approximate surface area is 104 Å². The van der Waals surface area contributed by atoms with E-state index in [0.717, 1.165) is 36.8 Å². The molecule has 2 rings (SSSR count). The number of fused-ring (bicyclic) bond motifs is 1. The smallest absolute Gasteiger partial charge is 0.0857 e. The molecule has 2 nitrogen and oxygen atoms in total. The summed E-state index contributed by atoms with van der Waals surface area (Å²) in [5, 5.41) is 20.5. The van der Waals surface area contributed by atoms with Crippen molar-refractivity contribution in [2.75, 3.05) is 0 Å². The van der Waals surface area contributed by atoms with Crippen LogP contribution >= 0.6 is 0 Å². The van der Waals surface area contributed by atoms with Crippen LogP contribution in [0.15, 0.2) is 24.3 Å². The van der Waals surface area contributed by atoms with Crippen molar-refractivity contribution in [3.63, 3.8) is 0 Å². The highest BCUT2D eigenvalue weighted by molar-refractivity contribution is 5.23. The lowest BCUT2D eigenvalue weighted by Crippen LogP contribution is -2.49. The predicted molar refractivity (Wildman–Crippen MR) is 69.6 cm³/mol. The average molecular weight is 236 g/mol. The van der Waals surface area contributed by atoms with E-state index in [1.807, 2.05) is 6.92 Å². The van der Waals surface area contributed by atoms with Gasteiger partial charge in [0.15, 0.2) is 0 Å². The molecule has 2 aliphatic rings. The summed E-state index contributed by atoms with van der Waals surface area (Å²) < 4.78 is 0. The second kappa shape index (κ2) is 3.96. The first-order valence-corrected chi connectivity index (χ1v) is 6.54. The van der Waals surface area contributed by atoms with Crippen molar-refractivity contribution in [3.8, 4) is 0 Å². The van der Waals surface area contributed by atoms with Crippen molar-refractivity contribution < 1.29 is 10.2 Å². The summed E-state index contributed by atoms with van der Waals surface area (Å²) in [5.41, 5.74) is 1.20. The van der Waals surface area contributed by atoms with Crippen molar-refractivity contribution in [1.29, 1.82) is 0 Å². The largest absolute Gasteiger partial charge is 0.389 e. The van der Waals surface area contributed by atoms with Crippen LogP contribution in [0.1, 0.15) is 46.0 Å². The van der Waals surface area contributed by atoms with Crippen molar-refractivity contribution in [1.82, 2.24) is 0 Å². The quantitative estimate of drug-likeness (QED) is 0.687. The van der Waals surface area contributed by atoms with Crippen LogP contribution in [0, 0.1) is 11.3 Å². The lowest BCUT2D eigenvalue weighted by Gasteiger charge is -2.52. The summed E-state index contributed by atoms with van der Waals surface area (Å²) in [6.45, 7) is 12.1. The van der Waals surface area contributed by atoms with Gasteiger partial charge in [-0.3, -0.25) is 0 Å². The molecule has 0 spiro atoms. The zero-order chi connectivity index (χ0) is 12.8. The Hall–Kier alpha value is -0.600. The Morgan fingerprint density at radius 2 is 2.00 bits per heavy atom. The molecule has 0 saturated heterocycles. The molecule has 0 heterocycles. The standard InChI is InChI=1S/C15H24O2/c1-10(2)15(17)8-7-14(4)6-5-13(16)11(3)12(14)9-15/h12-13,16-17H,1,3,5-9H2,2,4H3/t12-,13-,14+,15+/m0/s1. The van der Waals surface area contributed by atoms with Gasteiger partial charge in [-0.05, 0) is 61.5 Å². The van der Waals surface area contributed by atoms with Gasteiger partial charge in [0, 0.05) is 0 Å². The first-order valence-electron chi connectivity index (χ1n) is 6.54. The monoisotopic (exact) mass is 236 g/mol. The van der Waals surface area contributed by atoms with Crippen LogP contribution in [-0.2, 0) is 0 Å². The zero-order valence-corrected chi connectivity index (χ0v) is 11.0. The fraction of sp³-hybridized carbons (Fsp3) is 0.733. The molecule has 2 saturated carbocycles. The SMILES string of the molecule is C=C1[C@@H](O)CC[C@]2(C)CC[C@](O)(C(=C)C)C[C@@H]12. The Morgan fingerprint density at radius 1 is 1.35 bits per heavy atom. The second-order valence-corrected chi connectivity index (χ2v) is 6.35. The number of hydrogen-bond acceptors (Lipinski definition) is 2. The fourth-order valence-electron chi connectivity index (χ4n) is 3.50. The molecular weight excluding hydrogens is 212 g/mol. The van der Waals surface area contributed by atoms with Gasteiger partial charge in [-0.1, -0.05) is 20.1 Å². The van der Waals surface area contributed by atoms with Gasteiger partial charge in [0.2, 0.25) is 0 Å². The fourth-order valence-corrected chi connectivity index (χ4v) is 3.50. The molecule has 0 unspecified atom stereocenters. The van der Waals surface area contributed by atoms with Crippen molar-refractivity contribution >= 4 is 0 Å². The van der Waals surface area contributed by atoms with Gasteiger partial charge in [0.1, 0.15) is 0 Å². The van der Waals surface area contributed by atoms with Crippen LogP contribution in [-0.4, -0.2) is 21.9 Å². The number of aliphatic hydroxyl groups excluding tert-OH is 1. The lowest BCUT2D eigenvalue weighted by molar-refractivity contribution is -0.0525. The Kier molecular flexibility index (Phi) is 2.99.